The number of aromatic nitrogens is 2. The number of nitrogens with one attached hydrogen (secondary N) is 1. The van der Waals surface area contributed by atoms with Crippen LogP contribution in [0.25, 0.3) is 0 Å². The van der Waals surface area contributed by atoms with Crippen LogP contribution in [0.5, 0.6) is 0 Å². The topological polar surface area (TPSA) is 58.1 Å². The van der Waals surface area contributed by atoms with E-state index in [0.29, 0.717) is 22.5 Å². The first-order valence-corrected chi connectivity index (χ1v) is 8.56. The number of amides is 1. The lowest BCUT2D eigenvalue weighted by Crippen LogP contribution is -2.39. The molecule has 1 aromatic carbocycles. The summed E-state index contributed by atoms with van der Waals surface area (Å²) in [5, 5.41) is 3.88. The quantitative estimate of drug-likeness (QED) is 0.912. The molecule has 1 fully saturated rings. The van der Waals surface area contributed by atoms with Gasteiger partial charge in [-0.1, -0.05) is 24.6 Å². The molecule has 6 heteroatoms. The highest BCUT2D eigenvalue weighted by Crippen LogP contribution is 2.25. The van der Waals surface area contributed by atoms with Crippen molar-refractivity contribution in [1.29, 1.82) is 0 Å². The van der Waals surface area contributed by atoms with E-state index in [1.807, 2.05) is 30.0 Å². The zero-order chi connectivity index (χ0) is 17.1. The molecule has 3 rings (SSSR count). The van der Waals surface area contributed by atoms with Gasteiger partial charge in [0.05, 0.1) is 12.4 Å². The van der Waals surface area contributed by atoms with Gasteiger partial charge in [0.25, 0.3) is 5.91 Å². The molecule has 1 amide bonds. The number of piperidine rings is 1. The maximum Gasteiger partial charge on any atom is 0.274 e. The molecule has 0 radical (unpaired) electrons. The van der Waals surface area contributed by atoms with Crippen molar-refractivity contribution in [2.24, 2.45) is 5.92 Å². The molecule has 1 aromatic heterocycles. The van der Waals surface area contributed by atoms with Gasteiger partial charge in [0, 0.05) is 23.8 Å². The summed E-state index contributed by atoms with van der Waals surface area (Å²) in [7, 11) is 0. The Kier molecular flexibility index (Phi) is 5.00. The van der Waals surface area contributed by atoms with Crippen molar-refractivity contribution in [3.8, 4) is 0 Å². The van der Waals surface area contributed by atoms with E-state index >= 15 is 0 Å². The summed E-state index contributed by atoms with van der Waals surface area (Å²) in [6.07, 6.45) is 5.34. The van der Waals surface area contributed by atoms with Gasteiger partial charge in [-0.05, 0) is 43.4 Å². The second-order valence-corrected chi connectivity index (χ2v) is 6.73. The molecule has 0 saturated carbocycles. The molecule has 126 valence electrons. The molecule has 0 aliphatic carbocycles. The second-order valence-electron chi connectivity index (χ2n) is 6.32. The van der Waals surface area contributed by atoms with Crippen LogP contribution in [0.1, 0.15) is 35.8 Å². The first-order chi connectivity index (χ1) is 11.5. The number of rotatable bonds is 3. The van der Waals surface area contributed by atoms with Gasteiger partial charge in [0.1, 0.15) is 11.5 Å². The molecule has 0 spiro atoms. The van der Waals surface area contributed by atoms with Crippen molar-refractivity contribution in [2.45, 2.75) is 26.7 Å². The van der Waals surface area contributed by atoms with Gasteiger partial charge in [-0.25, -0.2) is 9.97 Å². The average molecular weight is 345 g/mol. The molecule has 1 N–H and O–H groups in total. The molecular weight excluding hydrogens is 324 g/mol. The standard InChI is InChI=1S/C18H21ClN4O/c1-12-5-4-8-23(11-12)18(24)16-9-21-17(10-20-16)22-15-7-3-6-14(19)13(15)2/h3,6-7,9-10,12H,4-5,8,11H2,1-2H3,(H,21,22). The first kappa shape index (κ1) is 16.7. The Bertz CT molecular complexity index is 732. The van der Waals surface area contributed by atoms with Crippen molar-refractivity contribution in [2.75, 3.05) is 18.4 Å². The summed E-state index contributed by atoms with van der Waals surface area (Å²) in [5.41, 5.74) is 2.21. The average Bonchev–Trinajstić information content (AvgIpc) is 2.59. The van der Waals surface area contributed by atoms with Gasteiger partial charge in [0.15, 0.2) is 0 Å². The predicted molar refractivity (Wildman–Crippen MR) is 95.8 cm³/mol. The molecule has 2 heterocycles. The number of carbonyl (C=O) groups is 1. The Morgan fingerprint density at radius 1 is 1.33 bits per heavy atom. The molecule has 1 aliphatic rings. The number of anilines is 2. The van der Waals surface area contributed by atoms with Crippen LogP contribution in [-0.2, 0) is 0 Å². The van der Waals surface area contributed by atoms with Gasteiger partial charge in [-0.2, -0.15) is 0 Å². The highest BCUT2D eigenvalue weighted by molar-refractivity contribution is 6.31. The lowest BCUT2D eigenvalue weighted by molar-refractivity contribution is 0.0676. The Balaban J connectivity index is 1.71. The van der Waals surface area contributed by atoms with Gasteiger partial charge in [0.2, 0.25) is 0 Å². The van der Waals surface area contributed by atoms with E-state index in [4.69, 9.17) is 11.6 Å². The van der Waals surface area contributed by atoms with Gasteiger partial charge >= 0.3 is 0 Å². The fourth-order valence-electron chi connectivity index (χ4n) is 2.92. The number of benzene rings is 1. The Hall–Kier alpha value is -2.14. The fraction of sp³-hybridized carbons (Fsp3) is 0.389. The summed E-state index contributed by atoms with van der Waals surface area (Å²) in [4.78, 5) is 23.0. The van der Waals surface area contributed by atoms with E-state index in [2.05, 4.69) is 22.2 Å². The molecule has 1 saturated heterocycles. The molecular formula is C18H21ClN4O. The minimum atomic E-state index is -0.0421. The summed E-state index contributed by atoms with van der Waals surface area (Å²) in [6, 6.07) is 5.65. The summed E-state index contributed by atoms with van der Waals surface area (Å²) in [6.45, 7) is 5.70. The van der Waals surface area contributed by atoms with Crippen molar-refractivity contribution in [3.05, 3.63) is 46.9 Å². The molecule has 1 atom stereocenters. The van der Waals surface area contributed by atoms with E-state index < -0.39 is 0 Å². The van der Waals surface area contributed by atoms with Gasteiger partial charge < -0.3 is 10.2 Å². The van der Waals surface area contributed by atoms with Crippen molar-refractivity contribution < 1.29 is 4.79 Å². The number of carbonyl (C=O) groups excluding carboxylic acids is 1. The lowest BCUT2D eigenvalue weighted by Gasteiger charge is -2.30. The van der Waals surface area contributed by atoms with Crippen LogP contribution in [0.3, 0.4) is 0 Å². The first-order valence-electron chi connectivity index (χ1n) is 8.18. The smallest absolute Gasteiger partial charge is 0.274 e. The minimum Gasteiger partial charge on any atom is -0.339 e. The number of halogens is 1. The van der Waals surface area contributed by atoms with Crippen LogP contribution in [0.15, 0.2) is 30.6 Å². The summed E-state index contributed by atoms with van der Waals surface area (Å²) >= 11 is 6.12. The largest absolute Gasteiger partial charge is 0.339 e. The van der Waals surface area contributed by atoms with Crippen molar-refractivity contribution >= 4 is 29.0 Å². The monoisotopic (exact) mass is 344 g/mol. The SMILES string of the molecule is Cc1c(Cl)cccc1Nc1cnc(C(=O)N2CCCC(C)C2)cn1. The third-order valence-electron chi connectivity index (χ3n) is 4.35. The maximum absolute atomic E-state index is 12.5. The van der Waals surface area contributed by atoms with E-state index in [1.165, 1.54) is 12.6 Å². The Labute approximate surface area is 147 Å². The Morgan fingerprint density at radius 2 is 2.17 bits per heavy atom. The van der Waals surface area contributed by atoms with Crippen molar-refractivity contribution in [3.63, 3.8) is 0 Å². The van der Waals surface area contributed by atoms with E-state index in [9.17, 15) is 4.79 Å². The van der Waals surface area contributed by atoms with Crippen LogP contribution >= 0.6 is 11.6 Å². The third-order valence-corrected chi connectivity index (χ3v) is 4.76. The number of hydrogen-bond acceptors (Lipinski definition) is 4. The van der Waals surface area contributed by atoms with Crippen LogP contribution < -0.4 is 5.32 Å². The normalized spacial score (nSPS) is 17.6. The highest BCUT2D eigenvalue weighted by Gasteiger charge is 2.23. The third kappa shape index (κ3) is 3.67. The second kappa shape index (κ2) is 7.18. The molecule has 5 nitrogen and oxygen atoms in total. The van der Waals surface area contributed by atoms with E-state index in [0.717, 1.165) is 30.8 Å². The highest BCUT2D eigenvalue weighted by atomic mass is 35.5. The molecule has 1 aliphatic heterocycles. The molecule has 1 unspecified atom stereocenters. The molecule has 24 heavy (non-hydrogen) atoms. The minimum absolute atomic E-state index is 0.0421. The van der Waals surface area contributed by atoms with Crippen LogP contribution in [0.4, 0.5) is 11.5 Å². The maximum atomic E-state index is 12.5. The van der Waals surface area contributed by atoms with Crippen LogP contribution in [0.2, 0.25) is 5.02 Å². The van der Waals surface area contributed by atoms with E-state index in [-0.39, 0.29) is 5.91 Å². The number of likely N-dealkylation sites (tertiary alicyclic amines) is 1. The molecule has 0 bridgehead atoms. The zero-order valence-electron chi connectivity index (χ0n) is 13.9. The molecule has 2 aromatic rings. The summed E-state index contributed by atoms with van der Waals surface area (Å²) < 4.78 is 0. The fourth-order valence-corrected chi connectivity index (χ4v) is 3.09. The lowest BCUT2D eigenvalue weighted by atomic mass is 10.0. The van der Waals surface area contributed by atoms with Crippen molar-refractivity contribution in [1.82, 2.24) is 14.9 Å². The summed E-state index contributed by atoms with van der Waals surface area (Å²) in [5.74, 6) is 1.09. The van der Waals surface area contributed by atoms with Crippen LogP contribution in [-0.4, -0.2) is 33.9 Å². The van der Waals surface area contributed by atoms with E-state index in [1.54, 1.807) is 6.20 Å². The number of hydrogen-bond donors (Lipinski definition) is 1. The number of nitrogens with zero attached hydrogens (tertiary/aromatic N) is 3. The zero-order valence-corrected chi connectivity index (χ0v) is 14.7. The Morgan fingerprint density at radius 3 is 2.88 bits per heavy atom. The van der Waals surface area contributed by atoms with Gasteiger partial charge in [-0.3, -0.25) is 4.79 Å². The van der Waals surface area contributed by atoms with Crippen LogP contribution in [0, 0.1) is 12.8 Å². The van der Waals surface area contributed by atoms with Gasteiger partial charge in [-0.15, -0.1) is 0 Å². The predicted octanol–water partition coefficient (Wildman–Crippen LogP) is 4.05.